The van der Waals surface area contributed by atoms with Crippen molar-refractivity contribution in [2.24, 2.45) is 0 Å². The van der Waals surface area contributed by atoms with Gasteiger partial charge in [0, 0.05) is 5.56 Å². The first-order valence-electron chi connectivity index (χ1n) is 4.24. The minimum absolute atomic E-state index is 0.278. The average Bonchev–Trinajstić information content (AvgIpc) is 2.58. The highest BCUT2D eigenvalue weighted by Crippen LogP contribution is 2.29. The number of nitrogens with zero attached hydrogens (tertiary/aromatic N) is 1. The summed E-state index contributed by atoms with van der Waals surface area (Å²) in [4.78, 5) is 6.90. The SMILES string of the molecule is Cc1cc(Cl)c(-c2cnc(Br)[nH]2)cc1F. The molecule has 1 heterocycles. The van der Waals surface area contributed by atoms with Crippen LogP contribution >= 0.6 is 27.5 Å². The Balaban J connectivity index is 2.58. The van der Waals surface area contributed by atoms with Gasteiger partial charge in [-0.25, -0.2) is 9.37 Å². The minimum atomic E-state index is -0.278. The molecule has 1 aromatic carbocycles. The molecule has 0 amide bonds. The van der Waals surface area contributed by atoms with Crippen LogP contribution in [0.25, 0.3) is 11.3 Å². The molecule has 0 aliphatic rings. The van der Waals surface area contributed by atoms with Gasteiger partial charge < -0.3 is 4.98 Å². The molecule has 1 N–H and O–H groups in total. The third-order valence-corrected chi connectivity index (χ3v) is 2.80. The van der Waals surface area contributed by atoms with Gasteiger partial charge in [0.1, 0.15) is 5.82 Å². The number of aromatic amines is 1. The summed E-state index contributed by atoms with van der Waals surface area (Å²) in [6.07, 6.45) is 1.60. The summed E-state index contributed by atoms with van der Waals surface area (Å²) in [6.45, 7) is 1.67. The van der Waals surface area contributed by atoms with Crippen LogP contribution in [-0.2, 0) is 0 Å². The molecule has 0 radical (unpaired) electrons. The second-order valence-electron chi connectivity index (χ2n) is 3.17. The van der Waals surface area contributed by atoms with E-state index in [-0.39, 0.29) is 5.82 Å². The predicted octanol–water partition coefficient (Wildman–Crippen LogP) is 3.94. The fourth-order valence-corrected chi connectivity index (χ4v) is 1.92. The molecule has 2 aromatic rings. The second-order valence-corrected chi connectivity index (χ2v) is 4.33. The van der Waals surface area contributed by atoms with Gasteiger partial charge in [-0.15, -0.1) is 0 Å². The lowest BCUT2D eigenvalue weighted by atomic mass is 10.1. The van der Waals surface area contributed by atoms with Gasteiger partial charge in [-0.3, -0.25) is 0 Å². The van der Waals surface area contributed by atoms with Crippen LogP contribution in [0.4, 0.5) is 4.39 Å². The number of rotatable bonds is 1. The number of imidazole rings is 1. The molecule has 2 rings (SSSR count). The largest absolute Gasteiger partial charge is 0.332 e. The Labute approximate surface area is 99.6 Å². The molecule has 1 aromatic heterocycles. The number of aryl methyl sites for hydroxylation is 1. The summed E-state index contributed by atoms with van der Waals surface area (Å²) < 4.78 is 13.9. The lowest BCUT2D eigenvalue weighted by Crippen LogP contribution is -1.86. The number of hydrogen-bond acceptors (Lipinski definition) is 1. The molecule has 0 unspecified atom stereocenters. The molecule has 5 heteroatoms. The monoisotopic (exact) mass is 288 g/mol. The third-order valence-electron chi connectivity index (χ3n) is 2.08. The number of H-pyrrole nitrogens is 1. The maximum absolute atomic E-state index is 13.3. The molecule has 0 saturated heterocycles. The Bertz CT molecular complexity index is 510. The van der Waals surface area contributed by atoms with Crippen molar-refractivity contribution in [2.45, 2.75) is 6.92 Å². The van der Waals surface area contributed by atoms with Crippen LogP contribution < -0.4 is 0 Å². The maximum atomic E-state index is 13.3. The van der Waals surface area contributed by atoms with Gasteiger partial charge in [-0.1, -0.05) is 11.6 Å². The van der Waals surface area contributed by atoms with E-state index in [0.29, 0.717) is 26.6 Å². The van der Waals surface area contributed by atoms with Crippen molar-refractivity contribution in [1.82, 2.24) is 9.97 Å². The molecule has 0 fully saturated rings. The molecule has 0 bridgehead atoms. The first kappa shape index (κ1) is 10.6. The third kappa shape index (κ3) is 2.06. The topological polar surface area (TPSA) is 28.7 Å². The second kappa shape index (κ2) is 3.94. The van der Waals surface area contributed by atoms with E-state index in [1.165, 1.54) is 6.07 Å². The number of nitrogens with one attached hydrogen (secondary N) is 1. The van der Waals surface area contributed by atoms with Crippen molar-refractivity contribution in [3.63, 3.8) is 0 Å². The molecule has 0 atom stereocenters. The summed E-state index contributed by atoms with van der Waals surface area (Å²) in [5.41, 5.74) is 1.83. The van der Waals surface area contributed by atoms with E-state index in [2.05, 4.69) is 25.9 Å². The standard InChI is InChI=1S/C10H7BrClFN2/c1-5-2-7(12)6(3-8(5)13)9-4-14-10(11)15-9/h2-4H,1H3,(H,14,15). The lowest BCUT2D eigenvalue weighted by Gasteiger charge is -2.03. The van der Waals surface area contributed by atoms with Crippen LogP contribution in [0.15, 0.2) is 23.1 Å². The highest BCUT2D eigenvalue weighted by Gasteiger charge is 2.09. The van der Waals surface area contributed by atoms with E-state index in [1.807, 2.05) is 0 Å². The normalized spacial score (nSPS) is 10.7. The molecule has 15 heavy (non-hydrogen) atoms. The fraction of sp³-hybridized carbons (Fsp3) is 0.100. The van der Waals surface area contributed by atoms with Crippen molar-refractivity contribution in [3.8, 4) is 11.3 Å². The number of halogens is 3. The quantitative estimate of drug-likeness (QED) is 0.846. The number of hydrogen-bond donors (Lipinski definition) is 1. The summed E-state index contributed by atoms with van der Waals surface area (Å²) in [6, 6.07) is 3.00. The number of aromatic nitrogens is 2. The van der Waals surface area contributed by atoms with Gasteiger partial charge >= 0.3 is 0 Å². The van der Waals surface area contributed by atoms with E-state index in [9.17, 15) is 4.39 Å². The zero-order valence-corrected chi connectivity index (χ0v) is 10.2. The van der Waals surface area contributed by atoms with Crippen molar-refractivity contribution in [1.29, 1.82) is 0 Å². The number of benzene rings is 1. The van der Waals surface area contributed by atoms with Gasteiger partial charge in [-0.2, -0.15) is 0 Å². The highest BCUT2D eigenvalue weighted by molar-refractivity contribution is 9.10. The van der Waals surface area contributed by atoms with E-state index < -0.39 is 0 Å². The first-order valence-corrected chi connectivity index (χ1v) is 5.41. The maximum Gasteiger partial charge on any atom is 0.174 e. The zero-order chi connectivity index (χ0) is 11.0. The summed E-state index contributed by atoms with van der Waals surface area (Å²) in [5.74, 6) is -0.278. The Morgan fingerprint density at radius 3 is 2.80 bits per heavy atom. The molecule has 0 aliphatic heterocycles. The molecule has 0 saturated carbocycles. The van der Waals surface area contributed by atoms with Crippen LogP contribution in [0, 0.1) is 12.7 Å². The molecule has 0 spiro atoms. The van der Waals surface area contributed by atoms with Gasteiger partial charge in [0.15, 0.2) is 4.73 Å². The Morgan fingerprint density at radius 1 is 1.47 bits per heavy atom. The van der Waals surface area contributed by atoms with Crippen LogP contribution in [-0.4, -0.2) is 9.97 Å². The lowest BCUT2D eigenvalue weighted by molar-refractivity contribution is 0.619. The Hall–Kier alpha value is -0.870. The van der Waals surface area contributed by atoms with Crippen molar-refractivity contribution in [2.75, 3.05) is 0 Å². The summed E-state index contributed by atoms with van der Waals surface area (Å²) in [5, 5.41) is 0.505. The molecular weight excluding hydrogens is 282 g/mol. The Kier molecular flexibility index (Phi) is 2.80. The molecular formula is C10H7BrClFN2. The van der Waals surface area contributed by atoms with E-state index in [0.717, 1.165) is 0 Å². The van der Waals surface area contributed by atoms with Crippen LogP contribution in [0.2, 0.25) is 5.02 Å². The minimum Gasteiger partial charge on any atom is -0.332 e. The van der Waals surface area contributed by atoms with Crippen LogP contribution in [0.3, 0.4) is 0 Å². The van der Waals surface area contributed by atoms with Gasteiger partial charge in [-0.05, 0) is 40.5 Å². The van der Waals surface area contributed by atoms with E-state index in [4.69, 9.17) is 11.6 Å². The van der Waals surface area contributed by atoms with Crippen LogP contribution in [0.5, 0.6) is 0 Å². The molecule has 0 aliphatic carbocycles. The van der Waals surface area contributed by atoms with Crippen molar-refractivity contribution >= 4 is 27.5 Å². The summed E-state index contributed by atoms with van der Waals surface area (Å²) >= 11 is 9.20. The van der Waals surface area contributed by atoms with E-state index >= 15 is 0 Å². The van der Waals surface area contributed by atoms with Crippen molar-refractivity contribution < 1.29 is 4.39 Å². The fourth-order valence-electron chi connectivity index (χ4n) is 1.29. The van der Waals surface area contributed by atoms with Gasteiger partial charge in [0.05, 0.1) is 16.9 Å². The first-order chi connectivity index (χ1) is 7.08. The van der Waals surface area contributed by atoms with Gasteiger partial charge in [0.2, 0.25) is 0 Å². The van der Waals surface area contributed by atoms with E-state index in [1.54, 1.807) is 19.2 Å². The average molecular weight is 290 g/mol. The highest BCUT2D eigenvalue weighted by atomic mass is 79.9. The van der Waals surface area contributed by atoms with Gasteiger partial charge in [0.25, 0.3) is 0 Å². The Morgan fingerprint density at radius 2 is 2.20 bits per heavy atom. The molecule has 78 valence electrons. The van der Waals surface area contributed by atoms with Crippen LogP contribution in [0.1, 0.15) is 5.56 Å². The summed E-state index contributed by atoms with van der Waals surface area (Å²) in [7, 11) is 0. The zero-order valence-electron chi connectivity index (χ0n) is 7.81. The molecule has 2 nitrogen and oxygen atoms in total. The predicted molar refractivity (Wildman–Crippen MR) is 61.4 cm³/mol. The van der Waals surface area contributed by atoms with Crippen molar-refractivity contribution in [3.05, 3.63) is 39.5 Å². The smallest absolute Gasteiger partial charge is 0.174 e.